The Kier molecular flexibility index (Phi) is 4.39. The van der Waals surface area contributed by atoms with Gasteiger partial charge < -0.3 is 10.6 Å². The molecule has 0 saturated carbocycles. The number of pyridine rings is 1. The molecule has 2 aromatic heterocycles. The van der Waals surface area contributed by atoms with Gasteiger partial charge in [-0.3, -0.25) is 9.78 Å². The molecule has 6 nitrogen and oxygen atoms in total. The largest absolute Gasteiger partial charge is 0.369 e. The van der Waals surface area contributed by atoms with Crippen LogP contribution in [0, 0.1) is 0 Å². The lowest BCUT2D eigenvalue weighted by molar-refractivity contribution is 0.102. The van der Waals surface area contributed by atoms with Gasteiger partial charge in [0.1, 0.15) is 5.82 Å². The Bertz CT molecular complexity index is 544. The van der Waals surface area contributed by atoms with Crippen molar-refractivity contribution >= 4 is 17.5 Å². The number of carbonyl (C=O) groups is 1. The smallest absolute Gasteiger partial charge is 0.260 e. The van der Waals surface area contributed by atoms with Crippen LogP contribution in [0.5, 0.6) is 0 Å². The van der Waals surface area contributed by atoms with Crippen LogP contribution in [0.1, 0.15) is 23.7 Å². The first kappa shape index (κ1) is 12.9. The highest BCUT2D eigenvalue weighted by Crippen LogP contribution is 2.13. The Morgan fingerprint density at radius 3 is 2.89 bits per heavy atom. The maximum atomic E-state index is 12.1. The second-order valence-electron chi connectivity index (χ2n) is 3.87. The molecule has 2 N–H and O–H groups in total. The van der Waals surface area contributed by atoms with E-state index in [1.54, 1.807) is 24.5 Å². The number of carbonyl (C=O) groups excluding carboxylic acids is 1. The Labute approximate surface area is 111 Å². The summed E-state index contributed by atoms with van der Waals surface area (Å²) in [5.74, 6) is 0.732. The average Bonchev–Trinajstić information content (AvgIpc) is 2.46. The lowest BCUT2D eigenvalue weighted by atomic mass is 10.2. The van der Waals surface area contributed by atoms with Crippen LogP contribution < -0.4 is 10.6 Å². The van der Waals surface area contributed by atoms with E-state index >= 15 is 0 Å². The van der Waals surface area contributed by atoms with Gasteiger partial charge in [-0.15, -0.1) is 0 Å². The van der Waals surface area contributed by atoms with Crippen LogP contribution in [0.4, 0.5) is 11.6 Å². The number of nitrogens with one attached hydrogen (secondary N) is 2. The maximum Gasteiger partial charge on any atom is 0.260 e. The van der Waals surface area contributed by atoms with Gasteiger partial charge in [-0.05, 0) is 18.6 Å². The van der Waals surface area contributed by atoms with Crippen LogP contribution in [0.3, 0.4) is 0 Å². The minimum atomic E-state index is -0.257. The van der Waals surface area contributed by atoms with Crippen LogP contribution in [0.15, 0.2) is 36.9 Å². The number of anilines is 2. The fraction of sp³-hybridized carbons (Fsp3) is 0.231. The normalized spacial score (nSPS) is 9.95. The zero-order chi connectivity index (χ0) is 13.5. The summed E-state index contributed by atoms with van der Waals surface area (Å²) in [7, 11) is 0. The van der Waals surface area contributed by atoms with Gasteiger partial charge in [0.15, 0.2) is 5.82 Å². The minimum Gasteiger partial charge on any atom is -0.369 e. The van der Waals surface area contributed by atoms with Crippen LogP contribution in [-0.4, -0.2) is 27.4 Å². The molecule has 98 valence electrons. The summed E-state index contributed by atoms with van der Waals surface area (Å²) in [5, 5.41) is 5.80. The number of aromatic nitrogens is 3. The lowest BCUT2D eigenvalue weighted by Gasteiger charge is -2.09. The molecular formula is C13H15N5O. The lowest BCUT2D eigenvalue weighted by Crippen LogP contribution is -2.16. The molecule has 0 aromatic carbocycles. The molecule has 0 aliphatic rings. The van der Waals surface area contributed by atoms with E-state index in [0.717, 1.165) is 13.0 Å². The van der Waals surface area contributed by atoms with Crippen molar-refractivity contribution in [3.8, 4) is 0 Å². The highest BCUT2D eigenvalue weighted by atomic mass is 16.1. The second kappa shape index (κ2) is 6.44. The van der Waals surface area contributed by atoms with Crippen molar-refractivity contribution in [3.63, 3.8) is 0 Å². The van der Waals surface area contributed by atoms with Crippen molar-refractivity contribution in [1.29, 1.82) is 0 Å². The Morgan fingerprint density at radius 1 is 1.26 bits per heavy atom. The average molecular weight is 257 g/mol. The zero-order valence-corrected chi connectivity index (χ0v) is 10.6. The third kappa shape index (κ3) is 3.48. The summed E-state index contributed by atoms with van der Waals surface area (Å²) in [6.45, 7) is 2.82. The molecule has 0 aliphatic carbocycles. The number of rotatable bonds is 5. The molecule has 6 heteroatoms. The molecule has 19 heavy (non-hydrogen) atoms. The standard InChI is InChI=1S/C13H15N5O/c1-2-5-16-12-10(4-3-6-17-12)13(19)18-11-9-14-7-8-15-11/h3-4,6-9H,2,5H2,1H3,(H,16,17)(H,15,18,19). The summed E-state index contributed by atoms with van der Waals surface area (Å²) < 4.78 is 0. The van der Waals surface area contributed by atoms with Crippen molar-refractivity contribution in [2.75, 3.05) is 17.2 Å². The predicted molar refractivity (Wildman–Crippen MR) is 73.0 cm³/mol. The van der Waals surface area contributed by atoms with Gasteiger partial charge in [0.25, 0.3) is 5.91 Å². The van der Waals surface area contributed by atoms with E-state index in [2.05, 4.69) is 32.5 Å². The zero-order valence-electron chi connectivity index (χ0n) is 10.6. The molecule has 2 aromatic rings. The Hall–Kier alpha value is -2.50. The van der Waals surface area contributed by atoms with E-state index in [4.69, 9.17) is 0 Å². The number of nitrogens with zero attached hydrogens (tertiary/aromatic N) is 3. The van der Waals surface area contributed by atoms with Gasteiger partial charge in [-0.2, -0.15) is 0 Å². The quantitative estimate of drug-likeness (QED) is 0.855. The number of hydrogen-bond acceptors (Lipinski definition) is 5. The molecule has 0 radical (unpaired) electrons. The molecule has 0 spiro atoms. The third-order valence-electron chi connectivity index (χ3n) is 2.40. The first-order valence-corrected chi connectivity index (χ1v) is 6.07. The highest BCUT2D eigenvalue weighted by molar-refractivity contribution is 6.06. The Balaban J connectivity index is 2.14. The van der Waals surface area contributed by atoms with Crippen molar-refractivity contribution in [3.05, 3.63) is 42.5 Å². The molecule has 0 atom stereocenters. The topological polar surface area (TPSA) is 79.8 Å². The fourth-order valence-electron chi connectivity index (χ4n) is 1.52. The van der Waals surface area contributed by atoms with E-state index < -0.39 is 0 Å². The van der Waals surface area contributed by atoms with Gasteiger partial charge in [-0.1, -0.05) is 6.92 Å². The van der Waals surface area contributed by atoms with E-state index in [0.29, 0.717) is 17.2 Å². The van der Waals surface area contributed by atoms with Crippen molar-refractivity contribution in [2.24, 2.45) is 0 Å². The molecular weight excluding hydrogens is 242 g/mol. The van der Waals surface area contributed by atoms with E-state index in [9.17, 15) is 4.79 Å². The number of amides is 1. The summed E-state index contributed by atoms with van der Waals surface area (Å²) in [5.41, 5.74) is 0.488. The molecule has 0 saturated heterocycles. The highest BCUT2D eigenvalue weighted by Gasteiger charge is 2.12. The van der Waals surface area contributed by atoms with Gasteiger partial charge >= 0.3 is 0 Å². The van der Waals surface area contributed by atoms with Crippen molar-refractivity contribution in [2.45, 2.75) is 13.3 Å². The molecule has 1 amide bonds. The van der Waals surface area contributed by atoms with E-state index in [-0.39, 0.29) is 5.91 Å². The second-order valence-corrected chi connectivity index (χ2v) is 3.87. The molecule has 0 unspecified atom stereocenters. The molecule has 0 fully saturated rings. The van der Waals surface area contributed by atoms with E-state index in [1.807, 2.05) is 0 Å². The van der Waals surface area contributed by atoms with Crippen LogP contribution in [0.2, 0.25) is 0 Å². The van der Waals surface area contributed by atoms with Gasteiger partial charge in [0, 0.05) is 25.1 Å². The predicted octanol–water partition coefficient (Wildman–Crippen LogP) is 1.95. The van der Waals surface area contributed by atoms with Crippen molar-refractivity contribution in [1.82, 2.24) is 15.0 Å². The van der Waals surface area contributed by atoms with Crippen LogP contribution >= 0.6 is 0 Å². The van der Waals surface area contributed by atoms with Gasteiger partial charge in [-0.25, -0.2) is 9.97 Å². The fourth-order valence-corrected chi connectivity index (χ4v) is 1.52. The molecule has 0 bridgehead atoms. The summed E-state index contributed by atoms with van der Waals surface area (Å²) >= 11 is 0. The van der Waals surface area contributed by atoms with Crippen LogP contribution in [0.25, 0.3) is 0 Å². The maximum absolute atomic E-state index is 12.1. The summed E-state index contributed by atoms with van der Waals surface area (Å²) in [6.07, 6.45) is 7.18. The van der Waals surface area contributed by atoms with Gasteiger partial charge in [0.2, 0.25) is 0 Å². The number of hydrogen-bond donors (Lipinski definition) is 2. The first-order valence-electron chi connectivity index (χ1n) is 6.07. The van der Waals surface area contributed by atoms with Gasteiger partial charge in [0.05, 0.1) is 11.8 Å². The molecule has 2 rings (SSSR count). The monoisotopic (exact) mass is 257 g/mol. The third-order valence-corrected chi connectivity index (χ3v) is 2.40. The molecule has 0 aliphatic heterocycles. The van der Waals surface area contributed by atoms with Crippen LogP contribution in [-0.2, 0) is 0 Å². The Morgan fingerprint density at radius 2 is 2.16 bits per heavy atom. The first-order chi connectivity index (χ1) is 9.31. The minimum absolute atomic E-state index is 0.257. The van der Waals surface area contributed by atoms with E-state index in [1.165, 1.54) is 12.4 Å². The SMILES string of the molecule is CCCNc1ncccc1C(=O)Nc1cnccn1. The summed E-state index contributed by atoms with van der Waals surface area (Å²) in [4.78, 5) is 24.2. The molecule has 2 heterocycles. The van der Waals surface area contributed by atoms with Crippen molar-refractivity contribution < 1.29 is 4.79 Å². The summed E-state index contributed by atoms with van der Waals surface area (Å²) in [6, 6.07) is 3.44.